The van der Waals surface area contributed by atoms with Crippen LogP contribution in [0.4, 0.5) is 18.9 Å². The van der Waals surface area contributed by atoms with Gasteiger partial charge in [0.25, 0.3) is 5.91 Å². The van der Waals surface area contributed by atoms with E-state index in [-0.39, 0.29) is 28.7 Å². The fourth-order valence-electron chi connectivity index (χ4n) is 4.94. The molecule has 3 N–H and O–H groups in total. The third kappa shape index (κ3) is 6.10. The van der Waals surface area contributed by atoms with E-state index in [0.717, 1.165) is 41.3 Å². The maximum absolute atomic E-state index is 13.3. The summed E-state index contributed by atoms with van der Waals surface area (Å²) in [6, 6.07) is 8.74. The van der Waals surface area contributed by atoms with Crippen molar-refractivity contribution in [2.75, 3.05) is 25.1 Å². The van der Waals surface area contributed by atoms with E-state index in [4.69, 9.17) is 9.47 Å². The number of amides is 3. The summed E-state index contributed by atoms with van der Waals surface area (Å²) in [5, 5.41) is 11.0. The van der Waals surface area contributed by atoms with Gasteiger partial charge in [-0.15, -0.1) is 0 Å². The van der Waals surface area contributed by atoms with Gasteiger partial charge in [0.2, 0.25) is 11.8 Å². The number of benzene rings is 2. The average molecular weight is 638 g/mol. The molecule has 0 saturated carbocycles. The molecule has 3 atom stereocenters. The number of hydrogen-bond acceptors (Lipinski definition) is 9. The van der Waals surface area contributed by atoms with Gasteiger partial charge in [0.1, 0.15) is 11.8 Å². The molecule has 1 fully saturated rings. The predicted octanol–water partition coefficient (Wildman–Crippen LogP) is 3.55. The van der Waals surface area contributed by atoms with Crippen molar-refractivity contribution in [3.8, 4) is 11.5 Å². The van der Waals surface area contributed by atoms with Crippen molar-refractivity contribution >= 4 is 52.5 Å². The molecule has 43 heavy (non-hydrogen) atoms. The van der Waals surface area contributed by atoms with Gasteiger partial charge in [0.05, 0.1) is 23.1 Å². The van der Waals surface area contributed by atoms with Crippen LogP contribution in [0.5, 0.6) is 11.5 Å². The van der Waals surface area contributed by atoms with E-state index in [9.17, 15) is 42.3 Å². The Balaban J connectivity index is 1.41. The minimum absolute atomic E-state index is 0.0671. The molecule has 3 heterocycles. The molecule has 3 amide bonds. The highest BCUT2D eigenvalue weighted by atomic mass is 32.2. The molecule has 2 unspecified atom stereocenters. The zero-order valence-corrected chi connectivity index (χ0v) is 23.7. The number of thioether (sulfide) groups is 1. The zero-order valence-electron chi connectivity index (χ0n) is 22.1. The molecule has 0 aliphatic carbocycles. The lowest BCUT2D eigenvalue weighted by atomic mass is 9.83. The van der Waals surface area contributed by atoms with Crippen LogP contribution in [0.25, 0.3) is 0 Å². The van der Waals surface area contributed by atoms with Gasteiger partial charge in [0, 0.05) is 16.5 Å². The minimum atomic E-state index is -4.58. The molecule has 1 aromatic heterocycles. The number of carboxylic acids is 1. The molecule has 0 bridgehead atoms. The minimum Gasteiger partial charge on any atom is -0.490 e. The van der Waals surface area contributed by atoms with E-state index in [1.54, 1.807) is 19.1 Å². The normalized spacial score (nSPS) is 19.5. The number of hydrogen-bond donors (Lipinski definition) is 3. The number of aromatic nitrogens is 1. The third-order valence-corrected chi connectivity index (χ3v) is 9.07. The van der Waals surface area contributed by atoms with E-state index < -0.39 is 65.7 Å². The highest BCUT2D eigenvalue weighted by molar-refractivity contribution is 8.00. The number of alkyl halides is 3. The Labute approximate surface area is 249 Å². The van der Waals surface area contributed by atoms with Crippen molar-refractivity contribution in [2.24, 2.45) is 5.92 Å². The maximum atomic E-state index is 13.3. The first kappa shape index (κ1) is 30.2. The van der Waals surface area contributed by atoms with Crippen molar-refractivity contribution in [3.05, 3.63) is 68.1 Å². The van der Waals surface area contributed by atoms with Gasteiger partial charge < -0.3 is 24.9 Å². The number of H-pyrrole nitrogens is 1. The first-order valence-corrected chi connectivity index (χ1v) is 14.4. The van der Waals surface area contributed by atoms with E-state index in [1.165, 1.54) is 12.1 Å². The number of halogens is 3. The van der Waals surface area contributed by atoms with Crippen LogP contribution in [-0.4, -0.2) is 63.7 Å². The van der Waals surface area contributed by atoms with Crippen LogP contribution in [-0.2, 0) is 25.4 Å². The van der Waals surface area contributed by atoms with Crippen LogP contribution in [0.15, 0.2) is 52.3 Å². The molecule has 1 saturated heterocycles. The Hall–Kier alpha value is -4.31. The molecule has 2 aliphatic heterocycles. The summed E-state index contributed by atoms with van der Waals surface area (Å²) in [6.07, 6.45) is -4.58. The molecule has 3 aromatic rings. The Morgan fingerprint density at radius 3 is 2.53 bits per heavy atom. The van der Waals surface area contributed by atoms with Crippen molar-refractivity contribution in [3.63, 3.8) is 0 Å². The number of carbonyl (C=O) groups excluding carboxylic acids is 3. The fraction of sp³-hybridized carbons (Fsp3) is 0.296. The average Bonchev–Trinajstić information content (AvgIpc) is 3.42. The number of carboxylic acid groups (broad SMARTS) is 1. The monoisotopic (exact) mass is 637 g/mol. The lowest BCUT2D eigenvalue weighted by Crippen LogP contribution is -2.36. The number of fused-ring (bicyclic) bond motifs is 2. The van der Waals surface area contributed by atoms with Crippen LogP contribution < -0.4 is 19.7 Å². The van der Waals surface area contributed by atoms with Gasteiger partial charge in [-0.1, -0.05) is 35.2 Å². The van der Waals surface area contributed by atoms with Gasteiger partial charge >= 0.3 is 17.0 Å². The van der Waals surface area contributed by atoms with Gasteiger partial charge in [-0.3, -0.25) is 28.9 Å². The fourth-order valence-corrected chi connectivity index (χ4v) is 7.48. The summed E-state index contributed by atoms with van der Waals surface area (Å²) in [5.74, 6) is -4.91. The van der Waals surface area contributed by atoms with Crippen LogP contribution in [0.3, 0.4) is 0 Å². The van der Waals surface area contributed by atoms with E-state index in [1.807, 2.05) is 0 Å². The molecule has 5 rings (SSSR count). The third-order valence-electron chi connectivity index (χ3n) is 6.67. The largest absolute Gasteiger partial charge is 0.490 e. The number of carbonyl (C=O) groups is 4. The molecular weight excluding hydrogens is 615 g/mol. The second-order valence-electron chi connectivity index (χ2n) is 9.46. The molecule has 11 nitrogen and oxygen atoms in total. The number of ether oxygens (including phenoxy) is 2. The Morgan fingerprint density at radius 2 is 1.84 bits per heavy atom. The van der Waals surface area contributed by atoms with Crippen LogP contribution in [0, 0.1) is 5.92 Å². The number of anilines is 1. The number of nitrogens with zero attached hydrogens (tertiary/aromatic N) is 1. The SMILES string of the molecule is CCOc1cc([C@@H]2c3sc(=O)[nH]c3SC3C(=O)N(CC(=O)O)C(=O)C32)ccc1OCC(=O)Nc1cccc(C(F)(F)F)c1. The summed E-state index contributed by atoms with van der Waals surface area (Å²) >= 11 is 1.88. The number of rotatable bonds is 9. The highest BCUT2D eigenvalue weighted by Crippen LogP contribution is 2.53. The van der Waals surface area contributed by atoms with Gasteiger partial charge in [-0.25, -0.2) is 0 Å². The summed E-state index contributed by atoms with van der Waals surface area (Å²) in [6.45, 7) is 0.515. The second-order valence-corrected chi connectivity index (χ2v) is 11.6. The zero-order chi connectivity index (χ0) is 31.1. The summed E-state index contributed by atoms with van der Waals surface area (Å²) in [7, 11) is 0. The summed E-state index contributed by atoms with van der Waals surface area (Å²) in [4.78, 5) is 65.9. The van der Waals surface area contributed by atoms with Gasteiger partial charge in [0.15, 0.2) is 18.1 Å². The van der Waals surface area contributed by atoms with Gasteiger partial charge in [-0.2, -0.15) is 13.2 Å². The highest BCUT2D eigenvalue weighted by Gasteiger charge is 2.56. The number of aromatic amines is 1. The first-order valence-electron chi connectivity index (χ1n) is 12.7. The molecule has 0 radical (unpaired) electrons. The van der Waals surface area contributed by atoms with Crippen LogP contribution in [0.1, 0.15) is 28.8 Å². The summed E-state index contributed by atoms with van der Waals surface area (Å²) in [5.41, 5.74) is -0.509. The molecule has 226 valence electrons. The number of aliphatic carboxylic acids is 1. The number of imide groups is 1. The van der Waals surface area contributed by atoms with Gasteiger partial charge in [-0.05, 0) is 42.8 Å². The Kier molecular flexibility index (Phi) is 8.25. The van der Waals surface area contributed by atoms with Crippen molar-refractivity contribution in [1.29, 1.82) is 0 Å². The van der Waals surface area contributed by atoms with E-state index in [2.05, 4.69) is 10.3 Å². The van der Waals surface area contributed by atoms with Crippen molar-refractivity contribution in [1.82, 2.24) is 9.88 Å². The Morgan fingerprint density at radius 1 is 1.07 bits per heavy atom. The van der Waals surface area contributed by atoms with Crippen LogP contribution in [0.2, 0.25) is 0 Å². The number of likely N-dealkylation sites (tertiary alicyclic amines) is 1. The van der Waals surface area contributed by atoms with Crippen molar-refractivity contribution < 1.29 is 46.9 Å². The quantitative estimate of drug-likeness (QED) is 0.299. The van der Waals surface area contributed by atoms with Crippen LogP contribution >= 0.6 is 23.1 Å². The smallest absolute Gasteiger partial charge is 0.416 e. The topological polar surface area (TPSA) is 155 Å². The lowest BCUT2D eigenvalue weighted by Gasteiger charge is -2.30. The standard InChI is InChI=1S/C27H22F3N3O8S2/c1-2-40-16-8-12(6-7-15(16)41-11-17(34)31-14-5-3-4-13(9-14)27(28,29)30)19-20-22(42-23-21(19)43-26(39)32-23)25(38)33(24(20)37)10-18(35)36/h3-9,19-20,22H,2,10-11H2,1H3,(H,31,34)(H,32,39)(H,35,36)/t19-,20?,22?/m0/s1. The summed E-state index contributed by atoms with van der Waals surface area (Å²) < 4.78 is 50.3. The van der Waals surface area contributed by atoms with E-state index >= 15 is 0 Å². The second kappa shape index (κ2) is 11.8. The Bertz CT molecular complexity index is 1670. The van der Waals surface area contributed by atoms with Crippen molar-refractivity contribution in [2.45, 2.75) is 29.3 Å². The predicted molar refractivity (Wildman–Crippen MR) is 147 cm³/mol. The lowest BCUT2D eigenvalue weighted by molar-refractivity contribution is -0.149. The first-order chi connectivity index (χ1) is 20.4. The van der Waals surface area contributed by atoms with E-state index in [0.29, 0.717) is 20.4 Å². The molecular formula is C27H22F3N3O8S2. The molecule has 16 heteroatoms. The number of thiazole rings is 1. The number of nitrogens with one attached hydrogen (secondary N) is 2. The molecule has 0 spiro atoms. The molecule has 2 aliphatic rings. The molecule has 2 aromatic carbocycles. The maximum Gasteiger partial charge on any atom is 0.416 e.